The fourth-order valence-corrected chi connectivity index (χ4v) is 1.38. The van der Waals surface area contributed by atoms with E-state index < -0.39 is 11.9 Å². The summed E-state index contributed by atoms with van der Waals surface area (Å²) >= 11 is 4.09. The van der Waals surface area contributed by atoms with Crippen molar-refractivity contribution in [1.29, 1.82) is 0 Å². The molecule has 0 atom stereocenters. The van der Waals surface area contributed by atoms with Gasteiger partial charge in [0, 0.05) is 4.90 Å². The zero-order valence-corrected chi connectivity index (χ0v) is 11.2. The van der Waals surface area contributed by atoms with Crippen LogP contribution in [0, 0.1) is 0 Å². The van der Waals surface area contributed by atoms with Gasteiger partial charge < -0.3 is 15.6 Å². The van der Waals surface area contributed by atoms with E-state index >= 15 is 0 Å². The minimum absolute atomic E-state index is 0. The van der Waals surface area contributed by atoms with Gasteiger partial charge in [-0.3, -0.25) is 0 Å². The summed E-state index contributed by atoms with van der Waals surface area (Å²) in [5, 5.41) is 0. The van der Waals surface area contributed by atoms with Crippen molar-refractivity contribution < 1.29 is 19.1 Å². The van der Waals surface area contributed by atoms with Gasteiger partial charge >= 0.3 is 11.9 Å². The molecule has 100 valence electrons. The molecule has 0 radical (unpaired) electrons. The Labute approximate surface area is 111 Å². The van der Waals surface area contributed by atoms with Crippen molar-refractivity contribution in [3.05, 3.63) is 23.5 Å². The van der Waals surface area contributed by atoms with Gasteiger partial charge in [-0.05, 0) is 26.0 Å². The number of nitrogens with zero attached hydrogens (tertiary/aromatic N) is 1. The zero-order valence-electron chi connectivity index (χ0n) is 10.3. The quantitative estimate of drug-likeness (QED) is 0.641. The number of aromatic nitrogens is 1. The summed E-state index contributed by atoms with van der Waals surface area (Å²) in [5.41, 5.74) is 0.0878. The Kier molecular flexibility index (Phi) is 6.99. The number of hydrogen-bond donors (Lipinski definition) is 2. The molecule has 0 saturated heterocycles. The molecule has 1 rings (SSSR count). The van der Waals surface area contributed by atoms with E-state index in [2.05, 4.69) is 17.6 Å². The fraction of sp³-hybridized carbons (Fsp3) is 0.364. The molecule has 7 heteroatoms. The minimum Gasteiger partial charge on any atom is -0.461 e. The maximum Gasteiger partial charge on any atom is 0.356 e. The van der Waals surface area contributed by atoms with Crippen molar-refractivity contribution in [3.8, 4) is 0 Å². The molecule has 18 heavy (non-hydrogen) atoms. The van der Waals surface area contributed by atoms with Crippen LogP contribution < -0.4 is 6.15 Å². The summed E-state index contributed by atoms with van der Waals surface area (Å²) < 4.78 is 9.58. The summed E-state index contributed by atoms with van der Waals surface area (Å²) in [6.07, 6.45) is 0. The smallest absolute Gasteiger partial charge is 0.356 e. The van der Waals surface area contributed by atoms with Gasteiger partial charge in [0.15, 0.2) is 0 Å². The van der Waals surface area contributed by atoms with E-state index in [4.69, 9.17) is 9.47 Å². The van der Waals surface area contributed by atoms with Gasteiger partial charge in [-0.15, -0.1) is 12.6 Å². The van der Waals surface area contributed by atoms with E-state index in [1.54, 1.807) is 13.8 Å². The van der Waals surface area contributed by atoms with E-state index in [0.717, 1.165) is 0 Å². The summed E-state index contributed by atoms with van der Waals surface area (Å²) in [7, 11) is 0. The number of ether oxygens (including phenoxy) is 2. The molecule has 0 aliphatic heterocycles. The maximum atomic E-state index is 11.5. The first-order valence-corrected chi connectivity index (χ1v) is 5.58. The van der Waals surface area contributed by atoms with E-state index in [0.29, 0.717) is 4.90 Å². The SMILES string of the molecule is CCOC(=O)c1cc(S)cc(C(=O)OCC)n1.N. The molecule has 0 unspecified atom stereocenters. The van der Waals surface area contributed by atoms with Crippen LogP contribution in [0.15, 0.2) is 17.0 Å². The lowest BCUT2D eigenvalue weighted by atomic mass is 10.3. The first kappa shape index (κ1) is 16.4. The van der Waals surface area contributed by atoms with E-state index in [9.17, 15) is 9.59 Å². The van der Waals surface area contributed by atoms with Gasteiger partial charge in [0.2, 0.25) is 0 Å². The predicted octanol–water partition coefficient (Wildman–Crippen LogP) is 1.89. The van der Waals surface area contributed by atoms with Gasteiger partial charge in [0.25, 0.3) is 0 Å². The first-order chi connectivity index (χ1) is 8.08. The number of hydrogen-bond acceptors (Lipinski definition) is 7. The third-order valence-corrected chi connectivity index (χ3v) is 2.04. The van der Waals surface area contributed by atoms with Crippen molar-refractivity contribution in [3.63, 3.8) is 0 Å². The van der Waals surface area contributed by atoms with Crippen LogP contribution in [0.5, 0.6) is 0 Å². The number of esters is 2. The van der Waals surface area contributed by atoms with E-state index in [1.807, 2.05) is 0 Å². The highest BCUT2D eigenvalue weighted by Crippen LogP contribution is 2.12. The minimum atomic E-state index is -0.589. The lowest BCUT2D eigenvalue weighted by Gasteiger charge is -2.05. The highest BCUT2D eigenvalue weighted by molar-refractivity contribution is 7.80. The molecule has 6 nitrogen and oxygen atoms in total. The Balaban J connectivity index is 0.00000289. The predicted molar refractivity (Wildman–Crippen MR) is 68.4 cm³/mol. The molecule has 0 aliphatic rings. The molecule has 0 aliphatic carbocycles. The molecule has 1 aromatic heterocycles. The Morgan fingerprint density at radius 3 is 1.83 bits per heavy atom. The van der Waals surface area contributed by atoms with Crippen LogP contribution in [0.4, 0.5) is 0 Å². The Bertz CT molecular complexity index is 401. The molecule has 0 fully saturated rings. The maximum absolute atomic E-state index is 11.5. The summed E-state index contributed by atoms with van der Waals surface area (Å²) in [6.45, 7) is 3.86. The second-order valence-electron chi connectivity index (χ2n) is 3.04. The van der Waals surface area contributed by atoms with Gasteiger partial charge in [-0.25, -0.2) is 14.6 Å². The first-order valence-electron chi connectivity index (χ1n) is 5.13. The van der Waals surface area contributed by atoms with Crippen molar-refractivity contribution in [1.82, 2.24) is 11.1 Å². The van der Waals surface area contributed by atoms with Crippen molar-refractivity contribution in [2.45, 2.75) is 18.7 Å². The van der Waals surface area contributed by atoms with Crippen LogP contribution >= 0.6 is 12.6 Å². The average molecular weight is 272 g/mol. The number of thiol groups is 1. The highest BCUT2D eigenvalue weighted by Gasteiger charge is 2.15. The molecule has 3 N–H and O–H groups in total. The number of rotatable bonds is 4. The monoisotopic (exact) mass is 272 g/mol. The van der Waals surface area contributed by atoms with Gasteiger partial charge in [0.1, 0.15) is 11.4 Å². The van der Waals surface area contributed by atoms with Crippen LogP contribution in [0.3, 0.4) is 0 Å². The summed E-state index contributed by atoms with van der Waals surface area (Å²) in [5.74, 6) is -1.18. The van der Waals surface area contributed by atoms with Gasteiger partial charge in [-0.2, -0.15) is 0 Å². The standard InChI is InChI=1S/C11H13NO4S.H3N/c1-3-15-10(13)8-5-7(17)6-9(12-8)11(14)16-4-2;/h5-6H,3-4H2,1-2H3,(H,12,17);1H3. The van der Waals surface area contributed by atoms with Gasteiger partial charge in [-0.1, -0.05) is 0 Å². The number of carbonyl (C=O) groups excluding carboxylic acids is 2. The van der Waals surface area contributed by atoms with E-state index in [1.165, 1.54) is 12.1 Å². The number of pyridine rings is 1. The summed E-state index contributed by atoms with van der Waals surface area (Å²) in [6, 6.07) is 2.87. The van der Waals surface area contributed by atoms with Crippen molar-refractivity contribution in [2.24, 2.45) is 0 Å². The molecule has 0 spiro atoms. The molecule has 0 bridgehead atoms. The van der Waals surface area contributed by atoms with Crippen LogP contribution in [-0.2, 0) is 9.47 Å². The molecule has 0 aromatic carbocycles. The molecule has 0 saturated carbocycles. The average Bonchev–Trinajstić information content (AvgIpc) is 2.29. The molecule has 0 amide bonds. The van der Waals surface area contributed by atoms with Crippen LogP contribution in [0.2, 0.25) is 0 Å². The zero-order chi connectivity index (χ0) is 12.8. The number of carbonyl (C=O) groups is 2. The van der Waals surface area contributed by atoms with Crippen LogP contribution in [0.1, 0.15) is 34.8 Å². The third kappa shape index (κ3) is 4.34. The molecular formula is C11H16N2O4S. The normalized spacial score (nSPS) is 9.28. The molecular weight excluding hydrogens is 256 g/mol. The largest absolute Gasteiger partial charge is 0.461 e. The molecule has 1 heterocycles. The van der Waals surface area contributed by atoms with E-state index in [-0.39, 0.29) is 30.8 Å². The second kappa shape index (κ2) is 7.67. The topological polar surface area (TPSA) is 100 Å². The summed E-state index contributed by atoms with van der Waals surface area (Å²) in [4.78, 5) is 27.2. The van der Waals surface area contributed by atoms with Crippen LogP contribution in [0.25, 0.3) is 0 Å². The Morgan fingerprint density at radius 1 is 1.11 bits per heavy atom. The Morgan fingerprint density at radius 2 is 1.50 bits per heavy atom. The van der Waals surface area contributed by atoms with Gasteiger partial charge in [0.05, 0.1) is 13.2 Å². The lowest BCUT2D eigenvalue weighted by molar-refractivity contribution is 0.0511. The van der Waals surface area contributed by atoms with Crippen molar-refractivity contribution >= 4 is 24.6 Å². The molecule has 1 aromatic rings. The Hall–Kier alpha value is -1.60. The van der Waals surface area contributed by atoms with Crippen molar-refractivity contribution in [2.75, 3.05) is 13.2 Å². The second-order valence-corrected chi connectivity index (χ2v) is 3.55. The highest BCUT2D eigenvalue weighted by atomic mass is 32.1. The fourth-order valence-electron chi connectivity index (χ4n) is 1.14. The third-order valence-electron chi connectivity index (χ3n) is 1.78. The lowest BCUT2D eigenvalue weighted by Crippen LogP contribution is -2.13. The van der Waals surface area contributed by atoms with Crippen LogP contribution in [-0.4, -0.2) is 30.1 Å².